The first-order valence-electron chi connectivity index (χ1n) is 4.03. The van der Waals surface area contributed by atoms with Crippen molar-refractivity contribution in [3.05, 3.63) is 0 Å². The van der Waals surface area contributed by atoms with Crippen molar-refractivity contribution in [2.45, 2.75) is 39.6 Å². The molecule has 0 fully saturated rings. The van der Waals surface area contributed by atoms with Crippen LogP contribution in [0.3, 0.4) is 0 Å². The fourth-order valence-electron chi connectivity index (χ4n) is 0.823. The van der Waals surface area contributed by atoms with Gasteiger partial charge < -0.3 is 9.47 Å². The molecule has 2 nitrogen and oxygen atoms in total. The standard InChI is InChI=1S/C8H17IO2/c1-4-10-8(3)11-7(2)5-6-9/h7-8H,4-6H2,1-3H3/t7-,8?/m1/s1. The molecule has 0 saturated carbocycles. The van der Waals surface area contributed by atoms with Crippen molar-refractivity contribution in [2.75, 3.05) is 11.0 Å². The van der Waals surface area contributed by atoms with Crippen molar-refractivity contribution < 1.29 is 9.47 Å². The molecule has 0 heterocycles. The second kappa shape index (κ2) is 7.31. The lowest BCUT2D eigenvalue weighted by Gasteiger charge is -2.17. The topological polar surface area (TPSA) is 18.5 Å². The third kappa shape index (κ3) is 7.03. The van der Waals surface area contributed by atoms with Gasteiger partial charge in [-0.15, -0.1) is 0 Å². The number of ether oxygens (including phenoxy) is 2. The number of hydrogen-bond acceptors (Lipinski definition) is 2. The molecule has 0 rings (SSSR count). The van der Waals surface area contributed by atoms with Gasteiger partial charge in [0.2, 0.25) is 0 Å². The Morgan fingerprint density at radius 2 is 2.00 bits per heavy atom. The molecular formula is C8H17IO2. The predicted octanol–water partition coefficient (Wildman–Crippen LogP) is 2.60. The minimum Gasteiger partial charge on any atom is -0.353 e. The number of alkyl halides is 1. The van der Waals surface area contributed by atoms with Gasteiger partial charge in [0.1, 0.15) is 0 Å². The lowest BCUT2D eigenvalue weighted by atomic mass is 10.3. The van der Waals surface area contributed by atoms with Gasteiger partial charge in [-0.25, -0.2) is 0 Å². The molecule has 2 atom stereocenters. The predicted molar refractivity (Wildman–Crippen MR) is 55.1 cm³/mol. The van der Waals surface area contributed by atoms with E-state index in [1.165, 1.54) is 0 Å². The SMILES string of the molecule is CCOC(C)O[C@H](C)CCI. The van der Waals surface area contributed by atoms with Gasteiger partial charge in [-0.2, -0.15) is 0 Å². The van der Waals surface area contributed by atoms with Crippen LogP contribution in [0.5, 0.6) is 0 Å². The van der Waals surface area contributed by atoms with Crippen LogP contribution >= 0.6 is 22.6 Å². The Bertz CT molecular complexity index is 78.2. The molecule has 0 spiro atoms. The zero-order valence-electron chi connectivity index (χ0n) is 7.47. The lowest BCUT2D eigenvalue weighted by molar-refractivity contribution is -0.152. The van der Waals surface area contributed by atoms with Crippen molar-refractivity contribution in [2.24, 2.45) is 0 Å². The fraction of sp³-hybridized carbons (Fsp3) is 1.00. The van der Waals surface area contributed by atoms with Crippen LogP contribution < -0.4 is 0 Å². The Kier molecular flexibility index (Phi) is 7.74. The normalized spacial score (nSPS) is 16.4. The van der Waals surface area contributed by atoms with Crippen LogP contribution in [0.2, 0.25) is 0 Å². The van der Waals surface area contributed by atoms with Crippen LogP contribution in [-0.2, 0) is 9.47 Å². The van der Waals surface area contributed by atoms with E-state index in [1.807, 2.05) is 13.8 Å². The van der Waals surface area contributed by atoms with E-state index in [4.69, 9.17) is 9.47 Å². The van der Waals surface area contributed by atoms with Crippen molar-refractivity contribution in [1.82, 2.24) is 0 Å². The van der Waals surface area contributed by atoms with Crippen LogP contribution in [0, 0.1) is 0 Å². The fourth-order valence-corrected chi connectivity index (χ4v) is 1.70. The maximum absolute atomic E-state index is 5.50. The molecule has 0 aromatic carbocycles. The Labute approximate surface area is 82.8 Å². The third-order valence-corrected chi connectivity index (χ3v) is 1.96. The molecule has 0 radical (unpaired) electrons. The summed E-state index contributed by atoms with van der Waals surface area (Å²) in [6.45, 7) is 6.71. The maximum Gasteiger partial charge on any atom is 0.155 e. The molecule has 0 aromatic rings. The molecule has 11 heavy (non-hydrogen) atoms. The summed E-state index contributed by atoms with van der Waals surface area (Å²) in [5.74, 6) is 0. The average molecular weight is 272 g/mol. The van der Waals surface area contributed by atoms with Gasteiger partial charge in [0.25, 0.3) is 0 Å². The minimum atomic E-state index is -0.0575. The highest BCUT2D eigenvalue weighted by Gasteiger charge is 2.06. The van der Waals surface area contributed by atoms with Gasteiger partial charge in [-0.1, -0.05) is 22.6 Å². The van der Waals surface area contributed by atoms with E-state index in [-0.39, 0.29) is 6.29 Å². The summed E-state index contributed by atoms with van der Waals surface area (Å²) in [4.78, 5) is 0. The maximum atomic E-state index is 5.50. The lowest BCUT2D eigenvalue weighted by Crippen LogP contribution is -2.20. The Hall–Kier alpha value is 0.650. The Morgan fingerprint density at radius 1 is 1.36 bits per heavy atom. The van der Waals surface area contributed by atoms with Crippen molar-refractivity contribution in [3.63, 3.8) is 0 Å². The van der Waals surface area contributed by atoms with Crippen LogP contribution in [0.4, 0.5) is 0 Å². The highest BCUT2D eigenvalue weighted by Crippen LogP contribution is 2.05. The van der Waals surface area contributed by atoms with Crippen molar-refractivity contribution in [1.29, 1.82) is 0 Å². The van der Waals surface area contributed by atoms with Crippen LogP contribution in [0.1, 0.15) is 27.2 Å². The minimum absolute atomic E-state index is 0.0575. The first-order valence-corrected chi connectivity index (χ1v) is 5.56. The van der Waals surface area contributed by atoms with Crippen molar-refractivity contribution in [3.8, 4) is 0 Å². The highest BCUT2D eigenvalue weighted by atomic mass is 127. The second-order valence-corrected chi connectivity index (χ2v) is 3.53. The molecule has 0 aliphatic heterocycles. The molecule has 0 bridgehead atoms. The summed E-state index contributed by atoms with van der Waals surface area (Å²) in [5.41, 5.74) is 0. The quantitative estimate of drug-likeness (QED) is 0.420. The molecule has 0 aromatic heterocycles. The first-order chi connectivity index (χ1) is 5.20. The van der Waals surface area contributed by atoms with Crippen LogP contribution in [0.15, 0.2) is 0 Å². The van der Waals surface area contributed by atoms with Crippen LogP contribution in [-0.4, -0.2) is 23.4 Å². The van der Waals surface area contributed by atoms with Gasteiger partial charge in [-0.05, 0) is 27.2 Å². The van der Waals surface area contributed by atoms with E-state index < -0.39 is 0 Å². The van der Waals surface area contributed by atoms with Gasteiger partial charge >= 0.3 is 0 Å². The van der Waals surface area contributed by atoms with Gasteiger partial charge in [0.05, 0.1) is 6.10 Å². The van der Waals surface area contributed by atoms with E-state index in [1.54, 1.807) is 0 Å². The van der Waals surface area contributed by atoms with E-state index in [0.717, 1.165) is 17.5 Å². The molecule has 0 aliphatic carbocycles. The molecule has 0 N–H and O–H groups in total. The summed E-state index contributed by atoms with van der Waals surface area (Å²) >= 11 is 2.35. The van der Waals surface area contributed by atoms with Crippen LogP contribution in [0.25, 0.3) is 0 Å². The van der Waals surface area contributed by atoms with Gasteiger partial charge in [0, 0.05) is 11.0 Å². The number of halogens is 1. The second-order valence-electron chi connectivity index (χ2n) is 2.45. The number of hydrogen-bond donors (Lipinski definition) is 0. The highest BCUT2D eigenvalue weighted by molar-refractivity contribution is 14.1. The molecule has 0 amide bonds. The zero-order valence-corrected chi connectivity index (χ0v) is 9.63. The summed E-state index contributed by atoms with van der Waals surface area (Å²) < 4.78 is 11.9. The Morgan fingerprint density at radius 3 is 2.45 bits per heavy atom. The molecule has 3 heteroatoms. The van der Waals surface area contributed by atoms with E-state index in [9.17, 15) is 0 Å². The van der Waals surface area contributed by atoms with E-state index >= 15 is 0 Å². The molecule has 0 saturated heterocycles. The summed E-state index contributed by atoms with van der Waals surface area (Å²) in [5, 5.41) is 0. The summed E-state index contributed by atoms with van der Waals surface area (Å²) in [7, 11) is 0. The molecular weight excluding hydrogens is 255 g/mol. The number of rotatable bonds is 6. The zero-order chi connectivity index (χ0) is 8.69. The van der Waals surface area contributed by atoms with E-state index in [2.05, 4.69) is 29.5 Å². The molecule has 0 aliphatic rings. The monoisotopic (exact) mass is 272 g/mol. The first kappa shape index (κ1) is 11.6. The molecule has 1 unspecified atom stereocenters. The summed E-state index contributed by atoms with van der Waals surface area (Å²) in [6, 6.07) is 0. The largest absolute Gasteiger partial charge is 0.353 e. The molecule has 68 valence electrons. The van der Waals surface area contributed by atoms with Gasteiger partial charge in [0.15, 0.2) is 6.29 Å². The average Bonchev–Trinajstić information content (AvgIpc) is 1.87. The third-order valence-electron chi connectivity index (χ3n) is 1.34. The smallest absolute Gasteiger partial charge is 0.155 e. The van der Waals surface area contributed by atoms with Gasteiger partial charge in [-0.3, -0.25) is 0 Å². The Balaban J connectivity index is 3.32. The summed E-state index contributed by atoms with van der Waals surface area (Å²) in [6.07, 6.45) is 1.35. The van der Waals surface area contributed by atoms with E-state index in [0.29, 0.717) is 6.10 Å². The van der Waals surface area contributed by atoms with Crippen molar-refractivity contribution >= 4 is 22.6 Å².